The molecule has 2 aliphatic carbocycles. The molecular weight excluding hydrogens is 364 g/mol. The first kappa shape index (κ1) is 21.0. The van der Waals surface area contributed by atoms with Gasteiger partial charge in [0.25, 0.3) is 0 Å². The van der Waals surface area contributed by atoms with Crippen molar-refractivity contribution in [1.29, 1.82) is 0 Å². The van der Waals surface area contributed by atoms with Crippen LogP contribution >= 0.6 is 0 Å². The summed E-state index contributed by atoms with van der Waals surface area (Å²) < 4.78 is 11.9. The second kappa shape index (κ2) is 8.09. The fraction of sp³-hybridized carbons (Fsp3) is 0.750. The van der Waals surface area contributed by atoms with Crippen molar-refractivity contribution < 1.29 is 14.6 Å². The van der Waals surface area contributed by atoms with Crippen molar-refractivity contribution in [2.45, 2.75) is 52.2 Å². The zero-order chi connectivity index (χ0) is 20.6. The third-order valence-electron chi connectivity index (χ3n) is 7.86. The summed E-state index contributed by atoms with van der Waals surface area (Å²) in [5.41, 5.74) is 1.69. The molecule has 0 unspecified atom stereocenters. The van der Waals surface area contributed by atoms with Gasteiger partial charge in [0.1, 0.15) is 5.75 Å². The molecule has 1 heterocycles. The summed E-state index contributed by atoms with van der Waals surface area (Å²) in [7, 11) is 1.73. The summed E-state index contributed by atoms with van der Waals surface area (Å²) in [5.74, 6) is 1.70. The van der Waals surface area contributed by atoms with Crippen molar-refractivity contribution in [2.75, 3.05) is 51.3 Å². The van der Waals surface area contributed by atoms with Gasteiger partial charge in [0, 0.05) is 32.7 Å². The minimum absolute atomic E-state index is 0.229. The molecule has 5 nitrogen and oxygen atoms in total. The number of aliphatic hydroxyl groups is 1. The van der Waals surface area contributed by atoms with Crippen LogP contribution in [0.3, 0.4) is 0 Å². The molecule has 1 N–H and O–H groups in total. The average molecular weight is 403 g/mol. The maximum Gasteiger partial charge on any atom is 0.142 e. The second-order valence-electron chi connectivity index (χ2n) is 10.2. The molecule has 3 aliphatic rings. The van der Waals surface area contributed by atoms with Gasteiger partial charge in [0.15, 0.2) is 0 Å². The Kier molecular flexibility index (Phi) is 5.84. The topological polar surface area (TPSA) is 45.2 Å². The van der Waals surface area contributed by atoms with Crippen molar-refractivity contribution in [1.82, 2.24) is 4.90 Å². The Bertz CT molecular complexity index is 696. The minimum Gasteiger partial charge on any atom is -0.495 e. The number of β-amino-alcohol motifs (C(OH)–C–C–N with tert-alkyl or cyclic N) is 1. The van der Waals surface area contributed by atoms with Gasteiger partial charge in [-0.1, -0.05) is 32.9 Å². The van der Waals surface area contributed by atoms with Crippen molar-refractivity contribution in [2.24, 2.45) is 16.7 Å². The fourth-order valence-electron chi connectivity index (χ4n) is 6.29. The summed E-state index contributed by atoms with van der Waals surface area (Å²) in [6.45, 7) is 12.0. The van der Waals surface area contributed by atoms with E-state index in [0.717, 1.165) is 43.5 Å². The van der Waals surface area contributed by atoms with Gasteiger partial charge < -0.3 is 19.5 Å². The predicted octanol–water partition coefficient (Wildman–Crippen LogP) is 3.41. The van der Waals surface area contributed by atoms with Crippen LogP contribution in [0.25, 0.3) is 0 Å². The summed E-state index contributed by atoms with van der Waals surface area (Å²) in [6.07, 6.45) is 3.73. The summed E-state index contributed by atoms with van der Waals surface area (Å²) in [5, 5.41) is 10.7. The number of piperazine rings is 1. The van der Waals surface area contributed by atoms with E-state index in [2.05, 4.69) is 42.7 Å². The Morgan fingerprint density at radius 3 is 2.52 bits per heavy atom. The van der Waals surface area contributed by atoms with Crippen LogP contribution in [0.5, 0.6) is 5.75 Å². The van der Waals surface area contributed by atoms with Crippen molar-refractivity contribution >= 4 is 5.69 Å². The van der Waals surface area contributed by atoms with Gasteiger partial charge in [-0.05, 0) is 48.1 Å². The van der Waals surface area contributed by atoms with Crippen molar-refractivity contribution in [3.8, 4) is 5.75 Å². The Balaban J connectivity index is 1.25. The van der Waals surface area contributed by atoms with E-state index in [4.69, 9.17) is 9.47 Å². The first-order chi connectivity index (χ1) is 13.8. The van der Waals surface area contributed by atoms with Gasteiger partial charge in [0.05, 0.1) is 31.6 Å². The first-order valence-electron chi connectivity index (χ1n) is 11.2. The molecule has 0 radical (unpaired) electrons. The Morgan fingerprint density at radius 1 is 1.14 bits per heavy atom. The quantitative estimate of drug-likeness (QED) is 0.757. The molecule has 3 fully saturated rings. The standard InChI is InChI=1S/C24H38N2O3/c1-23(2)18-9-10-24(3,15-18)22(23)29-17-19(27)16-25-11-13-26(14-12-25)20-7-5-6-8-21(20)28-4/h5-8,18-19,22,27H,9-17H2,1-4H3/t18-,19+,22-,24-/m0/s1. The largest absolute Gasteiger partial charge is 0.495 e. The van der Waals surface area contributed by atoms with Crippen LogP contribution in [-0.4, -0.2) is 68.7 Å². The maximum atomic E-state index is 10.7. The predicted molar refractivity (Wildman–Crippen MR) is 117 cm³/mol. The maximum absolute atomic E-state index is 10.7. The number of hydrogen-bond donors (Lipinski definition) is 1. The van der Waals surface area contributed by atoms with Crippen molar-refractivity contribution in [3.05, 3.63) is 24.3 Å². The average Bonchev–Trinajstić information content (AvgIpc) is 3.19. The molecule has 1 aromatic carbocycles. The zero-order valence-corrected chi connectivity index (χ0v) is 18.6. The molecular formula is C24H38N2O3. The molecule has 162 valence electrons. The van der Waals surface area contributed by atoms with Crippen LogP contribution in [0.15, 0.2) is 24.3 Å². The van der Waals surface area contributed by atoms with E-state index >= 15 is 0 Å². The lowest BCUT2D eigenvalue weighted by Gasteiger charge is -2.43. The number of nitrogens with zero attached hydrogens (tertiary/aromatic N) is 2. The van der Waals surface area contributed by atoms with Gasteiger partial charge in [-0.2, -0.15) is 0 Å². The van der Waals surface area contributed by atoms with E-state index in [1.165, 1.54) is 19.3 Å². The monoisotopic (exact) mass is 402 g/mol. The van der Waals surface area contributed by atoms with E-state index in [-0.39, 0.29) is 11.5 Å². The Hall–Kier alpha value is -1.30. The van der Waals surface area contributed by atoms with Crippen LogP contribution in [-0.2, 0) is 4.74 Å². The summed E-state index contributed by atoms with van der Waals surface area (Å²) in [6, 6.07) is 8.20. The molecule has 0 amide bonds. The van der Waals surface area contributed by atoms with Gasteiger partial charge in [-0.3, -0.25) is 4.90 Å². The van der Waals surface area contributed by atoms with Crippen LogP contribution in [0, 0.1) is 16.7 Å². The highest BCUT2D eigenvalue weighted by atomic mass is 16.5. The number of rotatable bonds is 7. The normalized spacial score (nSPS) is 32.5. The lowest BCUT2D eigenvalue weighted by atomic mass is 9.70. The molecule has 5 heteroatoms. The number of aliphatic hydroxyl groups excluding tert-OH is 1. The van der Waals surface area contributed by atoms with Gasteiger partial charge in [0.2, 0.25) is 0 Å². The molecule has 29 heavy (non-hydrogen) atoms. The third-order valence-corrected chi connectivity index (χ3v) is 7.86. The number of methoxy groups -OCH3 is 1. The van der Waals surface area contributed by atoms with E-state index in [0.29, 0.717) is 18.6 Å². The Morgan fingerprint density at radius 2 is 1.86 bits per heavy atom. The molecule has 2 saturated carbocycles. The smallest absolute Gasteiger partial charge is 0.142 e. The molecule has 1 aliphatic heterocycles. The van der Waals surface area contributed by atoms with Crippen LogP contribution in [0.2, 0.25) is 0 Å². The van der Waals surface area contributed by atoms with E-state index in [1.807, 2.05) is 12.1 Å². The third kappa shape index (κ3) is 4.01. The minimum atomic E-state index is -0.425. The van der Waals surface area contributed by atoms with Gasteiger partial charge in [-0.25, -0.2) is 0 Å². The van der Waals surface area contributed by atoms with E-state index in [1.54, 1.807) is 7.11 Å². The molecule has 1 aromatic rings. The highest BCUT2D eigenvalue weighted by molar-refractivity contribution is 5.58. The number of fused-ring (bicyclic) bond motifs is 2. The molecule has 0 spiro atoms. The number of anilines is 1. The number of benzene rings is 1. The van der Waals surface area contributed by atoms with Crippen LogP contribution < -0.4 is 9.64 Å². The van der Waals surface area contributed by atoms with Gasteiger partial charge >= 0.3 is 0 Å². The lowest BCUT2D eigenvalue weighted by molar-refractivity contribution is -0.113. The molecule has 4 rings (SSSR count). The highest BCUT2D eigenvalue weighted by Crippen LogP contribution is 2.63. The highest BCUT2D eigenvalue weighted by Gasteiger charge is 2.60. The summed E-state index contributed by atoms with van der Waals surface area (Å²) in [4.78, 5) is 4.73. The van der Waals surface area contributed by atoms with Crippen LogP contribution in [0.1, 0.15) is 40.0 Å². The van der Waals surface area contributed by atoms with Crippen molar-refractivity contribution in [3.63, 3.8) is 0 Å². The fourth-order valence-corrected chi connectivity index (χ4v) is 6.29. The second-order valence-corrected chi connectivity index (χ2v) is 10.2. The molecule has 2 bridgehead atoms. The number of ether oxygens (including phenoxy) is 2. The van der Waals surface area contributed by atoms with Gasteiger partial charge in [-0.15, -0.1) is 0 Å². The molecule has 1 saturated heterocycles. The number of para-hydroxylation sites is 2. The summed E-state index contributed by atoms with van der Waals surface area (Å²) >= 11 is 0. The first-order valence-corrected chi connectivity index (χ1v) is 11.2. The zero-order valence-electron chi connectivity index (χ0n) is 18.6. The van der Waals surface area contributed by atoms with E-state index in [9.17, 15) is 5.11 Å². The Labute approximate surface area is 176 Å². The van der Waals surface area contributed by atoms with E-state index < -0.39 is 6.10 Å². The SMILES string of the molecule is COc1ccccc1N1CCN(C[C@@H](O)CO[C@H]2C(C)(C)[C@H]3CC[C@@]2(C)C3)CC1. The lowest BCUT2D eigenvalue weighted by Crippen LogP contribution is -2.50. The molecule has 0 aromatic heterocycles. The number of hydrogen-bond acceptors (Lipinski definition) is 5. The molecule has 4 atom stereocenters. The van der Waals surface area contributed by atoms with Crippen LogP contribution in [0.4, 0.5) is 5.69 Å².